The van der Waals surface area contributed by atoms with Crippen LogP contribution in [0, 0.1) is 10.1 Å². The predicted molar refractivity (Wildman–Crippen MR) is 86.5 cm³/mol. The standard InChI is InChI=1S/C14H15BrN4O2/c1-2-16-13-7-12(19(20)21)8-14(18-13)17-9-10-4-3-5-11(15)6-10/h3-8H,2,9H2,1H3,(H2,16,17,18). The van der Waals surface area contributed by atoms with Gasteiger partial charge in [0.15, 0.2) is 0 Å². The van der Waals surface area contributed by atoms with E-state index in [0.717, 1.165) is 10.0 Å². The lowest BCUT2D eigenvalue weighted by atomic mass is 10.2. The van der Waals surface area contributed by atoms with Gasteiger partial charge in [0.1, 0.15) is 11.6 Å². The van der Waals surface area contributed by atoms with E-state index in [1.165, 1.54) is 12.1 Å². The van der Waals surface area contributed by atoms with E-state index in [9.17, 15) is 10.1 Å². The minimum absolute atomic E-state index is 0.0118. The Bertz CT molecular complexity index is 649. The van der Waals surface area contributed by atoms with Crippen LogP contribution in [0.5, 0.6) is 0 Å². The molecule has 0 unspecified atom stereocenters. The van der Waals surface area contributed by atoms with Gasteiger partial charge in [-0.3, -0.25) is 10.1 Å². The summed E-state index contributed by atoms with van der Waals surface area (Å²) in [6, 6.07) is 10.7. The van der Waals surface area contributed by atoms with Crippen molar-refractivity contribution in [3.63, 3.8) is 0 Å². The van der Waals surface area contributed by atoms with Crippen LogP contribution < -0.4 is 10.6 Å². The van der Waals surface area contributed by atoms with Crippen LogP contribution in [-0.2, 0) is 6.54 Å². The van der Waals surface area contributed by atoms with E-state index in [1.54, 1.807) is 0 Å². The largest absolute Gasteiger partial charge is 0.370 e. The molecule has 110 valence electrons. The first-order valence-electron chi connectivity index (χ1n) is 6.47. The van der Waals surface area contributed by atoms with Crippen molar-refractivity contribution in [3.05, 3.63) is 56.5 Å². The van der Waals surface area contributed by atoms with Crippen LogP contribution in [0.2, 0.25) is 0 Å². The molecular weight excluding hydrogens is 336 g/mol. The molecule has 2 N–H and O–H groups in total. The first kappa shape index (κ1) is 15.2. The van der Waals surface area contributed by atoms with Crippen molar-refractivity contribution < 1.29 is 4.92 Å². The van der Waals surface area contributed by atoms with Gasteiger partial charge < -0.3 is 10.6 Å². The van der Waals surface area contributed by atoms with E-state index in [-0.39, 0.29) is 5.69 Å². The number of halogens is 1. The molecule has 0 spiro atoms. The maximum absolute atomic E-state index is 10.9. The van der Waals surface area contributed by atoms with Crippen LogP contribution in [0.4, 0.5) is 17.3 Å². The number of benzene rings is 1. The molecule has 7 heteroatoms. The van der Waals surface area contributed by atoms with Gasteiger partial charge in [-0.25, -0.2) is 4.98 Å². The smallest absolute Gasteiger partial charge is 0.276 e. The van der Waals surface area contributed by atoms with E-state index in [0.29, 0.717) is 24.7 Å². The van der Waals surface area contributed by atoms with Crippen LogP contribution in [0.15, 0.2) is 40.9 Å². The molecule has 1 heterocycles. The summed E-state index contributed by atoms with van der Waals surface area (Å²) in [6.07, 6.45) is 0. The van der Waals surface area contributed by atoms with Crippen molar-refractivity contribution in [2.45, 2.75) is 13.5 Å². The average Bonchev–Trinajstić information content (AvgIpc) is 2.45. The van der Waals surface area contributed by atoms with Crippen molar-refractivity contribution in [1.29, 1.82) is 0 Å². The van der Waals surface area contributed by atoms with Gasteiger partial charge >= 0.3 is 0 Å². The lowest BCUT2D eigenvalue weighted by Gasteiger charge is -2.09. The van der Waals surface area contributed by atoms with E-state index in [2.05, 4.69) is 31.5 Å². The fourth-order valence-electron chi connectivity index (χ4n) is 1.82. The molecule has 0 aliphatic rings. The lowest BCUT2D eigenvalue weighted by molar-refractivity contribution is -0.384. The normalized spacial score (nSPS) is 10.2. The molecule has 1 aromatic carbocycles. The van der Waals surface area contributed by atoms with Crippen molar-refractivity contribution in [3.8, 4) is 0 Å². The Morgan fingerprint density at radius 2 is 1.95 bits per heavy atom. The number of nitro groups is 1. The first-order valence-corrected chi connectivity index (χ1v) is 7.26. The Labute approximate surface area is 130 Å². The van der Waals surface area contributed by atoms with Gasteiger partial charge in [0.25, 0.3) is 5.69 Å². The van der Waals surface area contributed by atoms with Gasteiger partial charge in [-0.2, -0.15) is 0 Å². The van der Waals surface area contributed by atoms with Crippen LogP contribution in [-0.4, -0.2) is 16.5 Å². The quantitative estimate of drug-likeness (QED) is 0.611. The molecule has 0 radical (unpaired) electrons. The van der Waals surface area contributed by atoms with Gasteiger partial charge in [-0.05, 0) is 24.6 Å². The van der Waals surface area contributed by atoms with Gasteiger partial charge in [-0.15, -0.1) is 0 Å². The van der Waals surface area contributed by atoms with E-state index < -0.39 is 4.92 Å². The summed E-state index contributed by atoms with van der Waals surface area (Å²) in [6.45, 7) is 3.10. The number of rotatable bonds is 6. The maximum Gasteiger partial charge on any atom is 0.276 e. The number of anilines is 2. The number of pyridine rings is 1. The second kappa shape index (κ2) is 7.03. The highest BCUT2D eigenvalue weighted by Gasteiger charge is 2.10. The summed E-state index contributed by atoms with van der Waals surface area (Å²) in [5.41, 5.74) is 1.07. The third-order valence-corrected chi connectivity index (χ3v) is 3.23. The molecule has 0 fully saturated rings. The van der Waals surface area contributed by atoms with Crippen LogP contribution in [0.1, 0.15) is 12.5 Å². The highest BCUT2D eigenvalue weighted by Crippen LogP contribution is 2.21. The first-order chi connectivity index (χ1) is 10.1. The monoisotopic (exact) mass is 350 g/mol. The Morgan fingerprint density at radius 1 is 1.24 bits per heavy atom. The van der Waals surface area contributed by atoms with Gasteiger partial charge in [0, 0.05) is 17.6 Å². The molecule has 0 saturated heterocycles. The molecule has 6 nitrogen and oxygen atoms in total. The van der Waals surface area contributed by atoms with E-state index >= 15 is 0 Å². The topological polar surface area (TPSA) is 80.1 Å². The zero-order valence-corrected chi connectivity index (χ0v) is 13.1. The number of nitrogens with zero attached hydrogens (tertiary/aromatic N) is 2. The predicted octanol–water partition coefficient (Wildman–Crippen LogP) is 3.80. The maximum atomic E-state index is 10.9. The zero-order valence-electron chi connectivity index (χ0n) is 11.5. The van der Waals surface area contributed by atoms with Gasteiger partial charge in [-0.1, -0.05) is 28.1 Å². The minimum atomic E-state index is -0.424. The summed E-state index contributed by atoms with van der Waals surface area (Å²) >= 11 is 3.41. The average molecular weight is 351 g/mol. The molecule has 0 bridgehead atoms. The second-order valence-corrected chi connectivity index (χ2v) is 5.28. The molecule has 0 aliphatic heterocycles. The van der Waals surface area contributed by atoms with E-state index in [4.69, 9.17) is 0 Å². The molecule has 0 atom stereocenters. The Morgan fingerprint density at radius 3 is 2.57 bits per heavy atom. The summed E-state index contributed by atoms with van der Waals surface area (Å²) < 4.78 is 0.988. The summed E-state index contributed by atoms with van der Waals surface area (Å²) in [5.74, 6) is 0.962. The molecule has 2 rings (SSSR count). The number of aromatic nitrogens is 1. The van der Waals surface area contributed by atoms with Crippen molar-refractivity contribution in [1.82, 2.24) is 4.98 Å². The zero-order chi connectivity index (χ0) is 15.2. The fourth-order valence-corrected chi connectivity index (χ4v) is 2.27. The third-order valence-electron chi connectivity index (χ3n) is 2.74. The SMILES string of the molecule is CCNc1cc([N+](=O)[O-])cc(NCc2cccc(Br)c2)n1. The van der Waals surface area contributed by atoms with Crippen molar-refractivity contribution in [2.24, 2.45) is 0 Å². The minimum Gasteiger partial charge on any atom is -0.370 e. The molecule has 21 heavy (non-hydrogen) atoms. The fraction of sp³-hybridized carbons (Fsp3) is 0.214. The van der Waals surface area contributed by atoms with Crippen LogP contribution in [0.25, 0.3) is 0 Å². The molecule has 1 aromatic heterocycles. The van der Waals surface area contributed by atoms with Gasteiger partial charge in [0.2, 0.25) is 0 Å². The van der Waals surface area contributed by atoms with Crippen molar-refractivity contribution >= 4 is 33.3 Å². The number of hydrogen-bond donors (Lipinski definition) is 2. The summed E-state index contributed by atoms with van der Waals surface area (Å²) in [4.78, 5) is 14.8. The Kier molecular flexibility index (Phi) is 5.10. The number of hydrogen-bond acceptors (Lipinski definition) is 5. The Hall–Kier alpha value is -2.15. The molecular formula is C14H15BrN4O2. The van der Waals surface area contributed by atoms with Crippen LogP contribution in [0.3, 0.4) is 0 Å². The lowest BCUT2D eigenvalue weighted by Crippen LogP contribution is -2.06. The highest BCUT2D eigenvalue weighted by atomic mass is 79.9. The Balaban J connectivity index is 2.16. The van der Waals surface area contributed by atoms with Gasteiger partial charge in [0.05, 0.1) is 17.1 Å². The summed E-state index contributed by atoms with van der Waals surface area (Å²) in [7, 11) is 0. The highest BCUT2D eigenvalue weighted by molar-refractivity contribution is 9.10. The summed E-state index contributed by atoms with van der Waals surface area (Å²) in [5, 5.41) is 17.0. The third kappa shape index (κ3) is 4.42. The molecule has 0 aliphatic carbocycles. The van der Waals surface area contributed by atoms with E-state index in [1.807, 2.05) is 31.2 Å². The number of nitrogens with one attached hydrogen (secondary N) is 2. The molecule has 2 aromatic rings. The van der Waals surface area contributed by atoms with Crippen molar-refractivity contribution in [2.75, 3.05) is 17.2 Å². The second-order valence-electron chi connectivity index (χ2n) is 4.37. The molecule has 0 amide bonds. The molecule has 0 saturated carbocycles. The van der Waals surface area contributed by atoms with Crippen LogP contribution >= 0.6 is 15.9 Å².